The number of ether oxygens (including phenoxy) is 1. The van der Waals surface area contributed by atoms with Gasteiger partial charge >= 0.3 is 0 Å². The van der Waals surface area contributed by atoms with E-state index in [0.29, 0.717) is 67.2 Å². The third-order valence-electron chi connectivity index (χ3n) is 6.17. The number of carbonyl (C=O) groups excluding carboxylic acids is 1. The normalized spacial score (nSPS) is 16.1. The van der Waals surface area contributed by atoms with Gasteiger partial charge in [-0.05, 0) is 38.1 Å². The summed E-state index contributed by atoms with van der Waals surface area (Å²) in [5.74, 6) is 1.43. The molecule has 5 rings (SSSR count). The standard InChI is InChI=1S/C25H30N8O2/c1-3-33-23-20(29-24(33)25(34)28-18-7-8-18)22(32-11-13-35-14-12-32)30-21(31-23)17-6-4-5-16(15-17)19(26)9-10-27-2/h4-6,9-10,15,18,26-27H,3,7-8,11-14H2,1-2H3,(H,28,34)/b10-9-,26-19?. The summed E-state index contributed by atoms with van der Waals surface area (Å²) in [4.78, 5) is 29.7. The molecule has 0 bridgehead atoms. The van der Waals surface area contributed by atoms with E-state index in [1.165, 1.54) is 0 Å². The molecule has 3 heterocycles. The van der Waals surface area contributed by atoms with Gasteiger partial charge in [-0.25, -0.2) is 15.0 Å². The maximum Gasteiger partial charge on any atom is 0.287 e. The highest BCUT2D eigenvalue weighted by atomic mass is 16.5. The van der Waals surface area contributed by atoms with E-state index in [0.717, 1.165) is 24.0 Å². The summed E-state index contributed by atoms with van der Waals surface area (Å²) in [5.41, 5.74) is 3.21. The highest BCUT2D eigenvalue weighted by Crippen LogP contribution is 2.29. The number of aromatic nitrogens is 4. The first-order valence-corrected chi connectivity index (χ1v) is 12.0. The first-order chi connectivity index (χ1) is 17.1. The molecule has 35 heavy (non-hydrogen) atoms. The minimum atomic E-state index is -0.173. The third-order valence-corrected chi connectivity index (χ3v) is 6.17. The zero-order valence-electron chi connectivity index (χ0n) is 20.0. The Kier molecular flexibility index (Phi) is 6.45. The average molecular weight is 475 g/mol. The molecule has 0 atom stereocenters. The summed E-state index contributed by atoms with van der Waals surface area (Å²) in [5, 5.41) is 14.3. The lowest BCUT2D eigenvalue weighted by molar-refractivity contribution is 0.0937. The molecule has 2 fully saturated rings. The lowest BCUT2D eigenvalue weighted by Gasteiger charge is -2.28. The summed E-state index contributed by atoms with van der Waals surface area (Å²) in [6.45, 7) is 5.13. The van der Waals surface area contributed by atoms with E-state index < -0.39 is 0 Å². The number of nitrogens with zero attached hydrogens (tertiary/aromatic N) is 5. The minimum Gasteiger partial charge on any atom is -0.394 e. The van der Waals surface area contributed by atoms with Crippen molar-refractivity contribution >= 4 is 28.6 Å². The number of fused-ring (bicyclic) bond motifs is 1. The van der Waals surface area contributed by atoms with Crippen molar-refractivity contribution in [1.82, 2.24) is 30.2 Å². The van der Waals surface area contributed by atoms with E-state index in [4.69, 9.17) is 25.1 Å². The fourth-order valence-electron chi connectivity index (χ4n) is 4.15. The number of imidazole rings is 1. The molecule has 2 aromatic heterocycles. The third kappa shape index (κ3) is 4.74. The SMILES string of the molecule is CCn1c(C(=O)NC2CC2)nc2c(N3CCOCC3)nc(-c3cccc(C(=N)/C=C\NC)c3)nc21. The van der Waals surface area contributed by atoms with E-state index in [9.17, 15) is 4.79 Å². The Morgan fingerprint density at radius 3 is 2.74 bits per heavy atom. The van der Waals surface area contributed by atoms with Crippen molar-refractivity contribution in [3.05, 3.63) is 47.9 Å². The molecule has 182 valence electrons. The Balaban J connectivity index is 1.64. The number of nitrogens with one attached hydrogen (secondary N) is 3. The number of rotatable bonds is 8. The van der Waals surface area contributed by atoms with Crippen LogP contribution < -0.4 is 15.5 Å². The van der Waals surface area contributed by atoms with Crippen molar-refractivity contribution in [1.29, 1.82) is 5.41 Å². The van der Waals surface area contributed by atoms with E-state index in [-0.39, 0.29) is 11.9 Å². The fraction of sp³-hybridized carbons (Fsp3) is 0.400. The molecule has 2 aliphatic rings. The van der Waals surface area contributed by atoms with Crippen molar-refractivity contribution in [2.24, 2.45) is 0 Å². The summed E-state index contributed by atoms with van der Waals surface area (Å²) in [7, 11) is 1.80. The number of anilines is 1. The Morgan fingerprint density at radius 1 is 1.23 bits per heavy atom. The number of amides is 1. The molecule has 0 spiro atoms. The monoisotopic (exact) mass is 474 g/mol. The zero-order valence-corrected chi connectivity index (χ0v) is 20.0. The van der Waals surface area contributed by atoms with Gasteiger partial charge in [-0.1, -0.05) is 18.2 Å². The summed E-state index contributed by atoms with van der Waals surface area (Å²) in [6, 6.07) is 7.89. The van der Waals surface area contributed by atoms with Gasteiger partial charge < -0.3 is 30.2 Å². The predicted molar refractivity (Wildman–Crippen MR) is 135 cm³/mol. The van der Waals surface area contributed by atoms with Gasteiger partial charge in [0.1, 0.15) is 0 Å². The van der Waals surface area contributed by atoms with Crippen LogP contribution in [0.25, 0.3) is 22.6 Å². The highest BCUT2D eigenvalue weighted by molar-refractivity contribution is 6.07. The maximum absolute atomic E-state index is 13.0. The number of allylic oxidation sites excluding steroid dienone is 1. The topological polar surface area (TPSA) is 121 Å². The Hall–Kier alpha value is -3.79. The van der Waals surface area contributed by atoms with E-state index in [2.05, 4.69) is 15.5 Å². The highest BCUT2D eigenvalue weighted by Gasteiger charge is 2.29. The van der Waals surface area contributed by atoms with Crippen LogP contribution in [-0.2, 0) is 11.3 Å². The van der Waals surface area contributed by atoms with Crippen molar-refractivity contribution in [2.45, 2.75) is 32.4 Å². The van der Waals surface area contributed by atoms with Crippen LogP contribution in [0.1, 0.15) is 35.9 Å². The summed E-state index contributed by atoms with van der Waals surface area (Å²) < 4.78 is 7.42. The summed E-state index contributed by atoms with van der Waals surface area (Å²) >= 11 is 0. The van der Waals surface area contributed by atoms with Crippen LogP contribution in [0, 0.1) is 5.41 Å². The first kappa shape index (κ1) is 23.0. The van der Waals surface area contributed by atoms with Gasteiger partial charge in [-0.2, -0.15) is 0 Å². The number of morpholine rings is 1. The Bertz CT molecular complexity index is 1290. The van der Waals surface area contributed by atoms with Gasteiger partial charge in [-0.3, -0.25) is 4.79 Å². The van der Waals surface area contributed by atoms with Crippen molar-refractivity contribution < 1.29 is 9.53 Å². The van der Waals surface area contributed by atoms with Crippen molar-refractivity contribution in [3.63, 3.8) is 0 Å². The second-order valence-corrected chi connectivity index (χ2v) is 8.69. The zero-order chi connectivity index (χ0) is 24.4. The second-order valence-electron chi connectivity index (χ2n) is 8.69. The van der Waals surface area contributed by atoms with Crippen LogP contribution >= 0.6 is 0 Å². The lowest BCUT2D eigenvalue weighted by Crippen LogP contribution is -2.37. The molecule has 0 unspecified atom stereocenters. The molecule has 0 radical (unpaired) electrons. The molecule has 1 aliphatic heterocycles. The molecular weight excluding hydrogens is 444 g/mol. The first-order valence-electron chi connectivity index (χ1n) is 12.0. The fourth-order valence-corrected chi connectivity index (χ4v) is 4.15. The number of hydrogen-bond donors (Lipinski definition) is 3. The van der Waals surface area contributed by atoms with Gasteiger partial charge in [-0.15, -0.1) is 0 Å². The molecule has 3 aromatic rings. The molecule has 10 heteroatoms. The van der Waals surface area contributed by atoms with Gasteiger partial charge in [0.25, 0.3) is 5.91 Å². The quantitative estimate of drug-likeness (QED) is 0.429. The molecule has 3 N–H and O–H groups in total. The maximum atomic E-state index is 13.0. The van der Waals surface area contributed by atoms with E-state index >= 15 is 0 Å². The van der Waals surface area contributed by atoms with Crippen LogP contribution in [-0.4, -0.2) is 70.5 Å². The van der Waals surface area contributed by atoms with Crippen LogP contribution in [0.2, 0.25) is 0 Å². The average Bonchev–Trinajstić information content (AvgIpc) is 3.63. The molecule has 1 saturated heterocycles. The molecular formula is C25H30N8O2. The van der Waals surface area contributed by atoms with Gasteiger partial charge in [0.05, 0.1) is 18.9 Å². The van der Waals surface area contributed by atoms with Crippen LogP contribution in [0.15, 0.2) is 36.5 Å². The van der Waals surface area contributed by atoms with E-state index in [1.54, 1.807) is 19.3 Å². The Morgan fingerprint density at radius 2 is 2.03 bits per heavy atom. The summed E-state index contributed by atoms with van der Waals surface area (Å²) in [6.07, 6.45) is 5.45. The Labute approximate surface area is 203 Å². The molecule has 1 aliphatic carbocycles. The van der Waals surface area contributed by atoms with Crippen LogP contribution in [0.5, 0.6) is 0 Å². The van der Waals surface area contributed by atoms with Crippen molar-refractivity contribution in [3.8, 4) is 11.4 Å². The molecule has 1 aromatic carbocycles. The molecule has 1 saturated carbocycles. The van der Waals surface area contributed by atoms with E-state index in [1.807, 2.05) is 35.8 Å². The predicted octanol–water partition coefficient (Wildman–Crippen LogP) is 2.34. The minimum absolute atomic E-state index is 0.173. The molecule has 1 amide bonds. The smallest absolute Gasteiger partial charge is 0.287 e. The van der Waals surface area contributed by atoms with Crippen molar-refractivity contribution in [2.75, 3.05) is 38.3 Å². The number of aryl methyl sites for hydroxylation is 1. The lowest BCUT2D eigenvalue weighted by atomic mass is 10.1. The van der Waals surface area contributed by atoms with Gasteiger partial charge in [0.15, 0.2) is 22.8 Å². The van der Waals surface area contributed by atoms with Crippen LogP contribution in [0.3, 0.4) is 0 Å². The molecule has 10 nitrogen and oxygen atoms in total. The number of carbonyl (C=O) groups is 1. The number of hydrogen-bond acceptors (Lipinski definition) is 8. The largest absolute Gasteiger partial charge is 0.394 e. The van der Waals surface area contributed by atoms with Crippen LogP contribution in [0.4, 0.5) is 5.82 Å². The van der Waals surface area contributed by atoms with Gasteiger partial charge in [0.2, 0.25) is 5.82 Å². The second kappa shape index (κ2) is 9.83. The van der Waals surface area contributed by atoms with Gasteiger partial charge in [0, 0.05) is 43.9 Å². The number of benzene rings is 1.